The van der Waals surface area contributed by atoms with Crippen molar-refractivity contribution in [1.82, 2.24) is 4.57 Å². The highest BCUT2D eigenvalue weighted by molar-refractivity contribution is 7.16. The van der Waals surface area contributed by atoms with Gasteiger partial charge < -0.3 is 19.4 Å². The summed E-state index contributed by atoms with van der Waals surface area (Å²) in [5.74, 6) is 0.943. The predicted molar refractivity (Wildman–Crippen MR) is 98.8 cm³/mol. The van der Waals surface area contributed by atoms with E-state index >= 15 is 0 Å². The Morgan fingerprint density at radius 3 is 2.72 bits per heavy atom. The number of ether oxygens (including phenoxy) is 2. The lowest BCUT2D eigenvalue weighted by Crippen LogP contribution is -2.30. The third-order valence-electron chi connectivity index (χ3n) is 3.78. The lowest BCUT2D eigenvalue weighted by atomic mass is 10.2. The van der Waals surface area contributed by atoms with Gasteiger partial charge in [0.2, 0.25) is 0 Å². The van der Waals surface area contributed by atoms with Gasteiger partial charge in [-0.15, -0.1) is 0 Å². The van der Waals surface area contributed by atoms with Gasteiger partial charge in [-0.25, -0.2) is 0 Å². The topological polar surface area (TPSA) is 69.6 Å². The Bertz CT molecular complexity index is 977. The van der Waals surface area contributed by atoms with Crippen LogP contribution in [0.4, 0.5) is 5.69 Å². The highest BCUT2D eigenvalue weighted by Gasteiger charge is 2.16. The maximum Gasteiger partial charge on any atom is 0.307 e. The van der Waals surface area contributed by atoms with Crippen LogP contribution in [0.1, 0.15) is 6.92 Å². The minimum atomic E-state index is -0.683. The molecule has 0 fully saturated rings. The molecule has 0 radical (unpaired) electrons. The normalized spacial score (nSPS) is 12.0. The van der Waals surface area contributed by atoms with Crippen LogP contribution >= 0.6 is 11.3 Å². The lowest BCUT2D eigenvalue weighted by molar-refractivity contribution is -0.122. The number of hydrogen-bond donors (Lipinski definition) is 1. The van der Waals surface area contributed by atoms with E-state index in [0.29, 0.717) is 17.2 Å². The van der Waals surface area contributed by atoms with Crippen LogP contribution in [-0.2, 0) is 11.8 Å². The zero-order valence-corrected chi connectivity index (χ0v) is 14.9. The Labute approximate surface area is 148 Å². The monoisotopic (exact) mass is 358 g/mol. The molecule has 6 nitrogen and oxygen atoms in total. The molecule has 7 heteroatoms. The summed E-state index contributed by atoms with van der Waals surface area (Å²) in [4.78, 5) is 24.0. The van der Waals surface area contributed by atoms with Crippen molar-refractivity contribution in [3.05, 3.63) is 52.1 Å². The smallest absolute Gasteiger partial charge is 0.307 e. The van der Waals surface area contributed by atoms with Crippen LogP contribution in [0.2, 0.25) is 0 Å². The second-order valence-electron chi connectivity index (χ2n) is 5.54. The molecular weight excluding hydrogens is 340 g/mol. The molecule has 0 aliphatic rings. The van der Waals surface area contributed by atoms with Crippen LogP contribution in [0, 0.1) is 0 Å². The van der Waals surface area contributed by atoms with Gasteiger partial charge in [0, 0.05) is 18.8 Å². The molecule has 1 atom stereocenters. The van der Waals surface area contributed by atoms with Gasteiger partial charge >= 0.3 is 4.87 Å². The number of thiazole rings is 1. The molecule has 0 unspecified atom stereocenters. The van der Waals surface area contributed by atoms with Crippen LogP contribution in [0.5, 0.6) is 11.5 Å². The summed E-state index contributed by atoms with van der Waals surface area (Å²) in [5, 5.41) is 2.81. The fourth-order valence-corrected chi connectivity index (χ4v) is 3.31. The fraction of sp³-hybridized carbons (Fsp3) is 0.222. The highest BCUT2D eigenvalue weighted by atomic mass is 32.1. The molecule has 25 heavy (non-hydrogen) atoms. The number of rotatable bonds is 5. The fourth-order valence-electron chi connectivity index (χ4n) is 2.39. The first-order valence-electron chi connectivity index (χ1n) is 7.69. The summed E-state index contributed by atoms with van der Waals surface area (Å²) >= 11 is 1.15. The Morgan fingerprint density at radius 2 is 1.96 bits per heavy atom. The molecule has 1 heterocycles. The predicted octanol–water partition coefficient (Wildman–Crippen LogP) is 3.01. The summed E-state index contributed by atoms with van der Waals surface area (Å²) in [6, 6.07) is 12.5. The van der Waals surface area contributed by atoms with E-state index in [2.05, 4.69) is 5.32 Å². The molecule has 130 valence electrons. The molecule has 3 aromatic rings. The number of anilines is 1. The Balaban J connectivity index is 1.71. The third kappa shape index (κ3) is 3.66. The molecule has 0 aliphatic heterocycles. The van der Waals surface area contributed by atoms with Crippen molar-refractivity contribution in [2.24, 2.45) is 7.05 Å². The van der Waals surface area contributed by atoms with E-state index in [1.807, 2.05) is 6.07 Å². The Kier molecular flexibility index (Phi) is 4.76. The summed E-state index contributed by atoms with van der Waals surface area (Å²) in [6.07, 6.45) is -0.683. The van der Waals surface area contributed by atoms with Crippen LogP contribution in [0.15, 0.2) is 47.3 Å². The number of fused-ring (bicyclic) bond motifs is 1. The van der Waals surface area contributed by atoms with Crippen LogP contribution < -0.4 is 19.7 Å². The number of methoxy groups -OCH3 is 1. The van der Waals surface area contributed by atoms with Gasteiger partial charge in [0.15, 0.2) is 6.10 Å². The van der Waals surface area contributed by atoms with Crippen molar-refractivity contribution in [2.75, 3.05) is 12.4 Å². The number of nitrogens with zero attached hydrogens (tertiary/aromatic N) is 1. The maximum absolute atomic E-state index is 12.3. The van der Waals surface area contributed by atoms with Crippen LogP contribution in [0.25, 0.3) is 10.2 Å². The molecule has 2 aromatic carbocycles. The first-order chi connectivity index (χ1) is 12.0. The molecule has 1 N–H and O–H groups in total. The van der Waals surface area contributed by atoms with Gasteiger partial charge in [0.05, 0.1) is 17.3 Å². The molecule has 1 amide bonds. The van der Waals surface area contributed by atoms with Crippen LogP contribution in [0.3, 0.4) is 0 Å². The van der Waals surface area contributed by atoms with Gasteiger partial charge in [-0.1, -0.05) is 17.4 Å². The van der Waals surface area contributed by atoms with E-state index in [9.17, 15) is 9.59 Å². The van der Waals surface area contributed by atoms with E-state index < -0.39 is 6.10 Å². The van der Waals surface area contributed by atoms with E-state index in [1.165, 1.54) is 0 Å². The largest absolute Gasteiger partial charge is 0.497 e. The van der Waals surface area contributed by atoms with Crippen molar-refractivity contribution in [2.45, 2.75) is 13.0 Å². The number of carbonyl (C=O) groups is 1. The molecule has 0 spiro atoms. The average Bonchev–Trinajstić information content (AvgIpc) is 2.88. The van der Waals surface area contributed by atoms with E-state index in [-0.39, 0.29) is 10.8 Å². The molecule has 1 aromatic heterocycles. The minimum Gasteiger partial charge on any atom is -0.497 e. The van der Waals surface area contributed by atoms with Gasteiger partial charge in [-0.2, -0.15) is 0 Å². The molecule has 0 bridgehead atoms. The number of benzene rings is 2. The number of aromatic nitrogens is 1. The second kappa shape index (κ2) is 6.98. The highest BCUT2D eigenvalue weighted by Crippen LogP contribution is 2.22. The SMILES string of the molecule is COc1cccc(O[C@@H](C)C(=O)Nc2ccc3c(c2)sc(=O)n3C)c1. The van der Waals surface area contributed by atoms with Gasteiger partial charge in [-0.05, 0) is 37.3 Å². The zero-order chi connectivity index (χ0) is 18.0. The molecule has 0 aliphatic carbocycles. The standard InChI is InChI=1S/C18H18N2O4S/c1-11(24-14-6-4-5-13(10-14)23-3)17(21)19-12-7-8-15-16(9-12)25-18(22)20(15)2/h4-11H,1-3H3,(H,19,21)/t11-/m0/s1. The summed E-state index contributed by atoms with van der Waals surface area (Å²) < 4.78 is 13.2. The number of nitrogens with one attached hydrogen (secondary N) is 1. The average molecular weight is 358 g/mol. The summed E-state index contributed by atoms with van der Waals surface area (Å²) in [5.41, 5.74) is 1.47. The Morgan fingerprint density at radius 1 is 1.20 bits per heavy atom. The van der Waals surface area contributed by atoms with Crippen molar-refractivity contribution in [3.8, 4) is 11.5 Å². The van der Waals surface area contributed by atoms with Crippen molar-refractivity contribution < 1.29 is 14.3 Å². The van der Waals surface area contributed by atoms with E-state index in [1.54, 1.807) is 62.0 Å². The molecule has 0 saturated carbocycles. The van der Waals surface area contributed by atoms with E-state index in [0.717, 1.165) is 21.6 Å². The van der Waals surface area contributed by atoms with Crippen molar-refractivity contribution in [3.63, 3.8) is 0 Å². The second-order valence-corrected chi connectivity index (χ2v) is 6.53. The van der Waals surface area contributed by atoms with Crippen LogP contribution in [-0.4, -0.2) is 23.7 Å². The first kappa shape index (κ1) is 17.0. The third-order valence-corrected chi connectivity index (χ3v) is 4.78. The summed E-state index contributed by atoms with van der Waals surface area (Å²) in [6.45, 7) is 1.67. The quantitative estimate of drug-likeness (QED) is 0.761. The minimum absolute atomic E-state index is 0.0341. The zero-order valence-electron chi connectivity index (χ0n) is 14.1. The number of carbonyl (C=O) groups excluding carboxylic acids is 1. The summed E-state index contributed by atoms with van der Waals surface area (Å²) in [7, 11) is 3.30. The molecule has 0 saturated heterocycles. The van der Waals surface area contributed by atoms with Gasteiger partial charge in [0.25, 0.3) is 5.91 Å². The van der Waals surface area contributed by atoms with Gasteiger partial charge in [0.1, 0.15) is 11.5 Å². The number of aryl methyl sites for hydroxylation is 1. The van der Waals surface area contributed by atoms with Crippen molar-refractivity contribution >= 4 is 33.1 Å². The lowest BCUT2D eigenvalue weighted by Gasteiger charge is -2.15. The first-order valence-corrected chi connectivity index (χ1v) is 8.51. The molecule has 3 rings (SSSR count). The van der Waals surface area contributed by atoms with Gasteiger partial charge in [-0.3, -0.25) is 9.59 Å². The Hall–Kier alpha value is -2.80. The molecular formula is C18H18N2O4S. The number of amides is 1. The van der Waals surface area contributed by atoms with E-state index in [4.69, 9.17) is 9.47 Å². The number of hydrogen-bond acceptors (Lipinski definition) is 5. The van der Waals surface area contributed by atoms with Crippen molar-refractivity contribution in [1.29, 1.82) is 0 Å². The maximum atomic E-state index is 12.3.